The summed E-state index contributed by atoms with van der Waals surface area (Å²) in [5, 5.41) is 9.66. The Hall–Kier alpha value is -2.54. The molecule has 0 spiro atoms. The molecule has 0 aromatic heterocycles. The van der Waals surface area contributed by atoms with Gasteiger partial charge in [0, 0.05) is 55.1 Å². The van der Waals surface area contributed by atoms with Crippen LogP contribution < -0.4 is 0 Å². The number of benzene rings is 2. The predicted molar refractivity (Wildman–Crippen MR) is 115 cm³/mol. The predicted octanol–water partition coefficient (Wildman–Crippen LogP) is 3.37. The lowest BCUT2D eigenvalue weighted by Crippen LogP contribution is -2.41. The van der Waals surface area contributed by atoms with E-state index in [9.17, 15) is 5.11 Å². The third-order valence-electron chi connectivity index (χ3n) is 5.82. The molecule has 28 heavy (non-hydrogen) atoms. The molecule has 0 atom stereocenters. The number of rotatable bonds is 3. The fraction of sp³-hybridized carbons (Fsp3) is 0.360. The first-order chi connectivity index (χ1) is 13.7. The fourth-order valence-electron chi connectivity index (χ4n) is 4.04. The average Bonchev–Trinajstić information content (AvgIpc) is 2.74. The van der Waals surface area contributed by atoms with E-state index in [0.717, 1.165) is 68.8 Å². The summed E-state index contributed by atoms with van der Waals surface area (Å²) in [5.74, 6) is 6.53. The van der Waals surface area contributed by atoms with Gasteiger partial charge in [0.05, 0.1) is 6.10 Å². The molecule has 144 valence electrons. The van der Waals surface area contributed by atoms with Gasteiger partial charge in [0.25, 0.3) is 0 Å². The molecule has 1 saturated heterocycles. The van der Waals surface area contributed by atoms with Crippen LogP contribution in [-0.2, 0) is 6.42 Å². The van der Waals surface area contributed by atoms with Crippen LogP contribution in [-0.4, -0.2) is 53.7 Å². The Bertz CT molecular complexity index is 886. The molecule has 2 aliphatic heterocycles. The number of nitrogens with zero attached hydrogens (tertiary/aromatic N) is 2. The summed E-state index contributed by atoms with van der Waals surface area (Å²) in [7, 11) is 0. The van der Waals surface area contributed by atoms with Crippen LogP contribution in [0.4, 0.5) is 0 Å². The molecule has 2 heterocycles. The van der Waals surface area contributed by atoms with Crippen molar-refractivity contribution in [1.82, 2.24) is 9.80 Å². The largest absolute Gasteiger partial charge is 0.393 e. The zero-order valence-corrected chi connectivity index (χ0v) is 16.4. The second-order valence-electron chi connectivity index (χ2n) is 7.74. The topological polar surface area (TPSA) is 26.7 Å². The highest BCUT2D eigenvalue weighted by Gasteiger charge is 2.21. The Kier molecular flexibility index (Phi) is 5.81. The minimum Gasteiger partial charge on any atom is -0.393 e. The third-order valence-corrected chi connectivity index (χ3v) is 5.82. The maximum absolute atomic E-state index is 9.66. The van der Waals surface area contributed by atoms with Gasteiger partial charge in [-0.15, -0.1) is 0 Å². The zero-order valence-electron chi connectivity index (χ0n) is 16.4. The smallest absolute Gasteiger partial charge is 0.0564 e. The number of likely N-dealkylation sites (tertiary alicyclic amines) is 1. The van der Waals surface area contributed by atoms with Crippen molar-refractivity contribution in [2.24, 2.45) is 0 Å². The van der Waals surface area contributed by atoms with Crippen molar-refractivity contribution in [1.29, 1.82) is 0 Å². The van der Waals surface area contributed by atoms with Gasteiger partial charge < -0.3 is 14.9 Å². The van der Waals surface area contributed by atoms with Gasteiger partial charge in [0.1, 0.15) is 0 Å². The molecular formula is C25H28N2O. The molecule has 2 aliphatic rings. The normalized spacial score (nSPS) is 17.8. The summed E-state index contributed by atoms with van der Waals surface area (Å²) < 4.78 is 0. The lowest BCUT2D eigenvalue weighted by molar-refractivity contribution is 0.0797. The van der Waals surface area contributed by atoms with E-state index in [0.29, 0.717) is 0 Å². The summed E-state index contributed by atoms with van der Waals surface area (Å²) >= 11 is 0. The summed E-state index contributed by atoms with van der Waals surface area (Å²) in [6.45, 7) is 9.43. The number of aliphatic hydroxyl groups is 1. The maximum Gasteiger partial charge on any atom is 0.0564 e. The number of fused-ring (bicyclic) bond motifs is 1. The number of aliphatic hydroxyl groups excluding tert-OH is 1. The molecule has 1 fully saturated rings. The van der Waals surface area contributed by atoms with E-state index < -0.39 is 0 Å². The van der Waals surface area contributed by atoms with Gasteiger partial charge in [-0.25, -0.2) is 0 Å². The molecule has 0 saturated carbocycles. The quantitative estimate of drug-likeness (QED) is 0.837. The highest BCUT2D eigenvalue weighted by atomic mass is 16.3. The molecule has 4 rings (SSSR count). The van der Waals surface area contributed by atoms with Gasteiger partial charge >= 0.3 is 0 Å². The minimum absolute atomic E-state index is 0.104. The van der Waals surface area contributed by atoms with Gasteiger partial charge in [0.15, 0.2) is 0 Å². The number of piperidine rings is 1. The third kappa shape index (κ3) is 4.47. The molecule has 3 nitrogen and oxygen atoms in total. The zero-order chi connectivity index (χ0) is 19.3. The van der Waals surface area contributed by atoms with E-state index >= 15 is 0 Å². The monoisotopic (exact) mass is 372 g/mol. The van der Waals surface area contributed by atoms with E-state index in [1.165, 1.54) is 11.1 Å². The molecule has 0 amide bonds. The van der Waals surface area contributed by atoms with E-state index in [2.05, 4.69) is 46.4 Å². The van der Waals surface area contributed by atoms with Crippen LogP contribution in [0.25, 0.3) is 5.70 Å². The highest BCUT2D eigenvalue weighted by molar-refractivity contribution is 5.68. The summed E-state index contributed by atoms with van der Waals surface area (Å²) in [4.78, 5) is 4.86. The van der Waals surface area contributed by atoms with E-state index in [1.807, 2.05) is 30.3 Å². The lowest BCUT2D eigenvalue weighted by atomic mass is 9.95. The first-order valence-corrected chi connectivity index (χ1v) is 10.2. The van der Waals surface area contributed by atoms with Gasteiger partial charge in [-0.05, 0) is 49.1 Å². The maximum atomic E-state index is 9.66. The summed E-state index contributed by atoms with van der Waals surface area (Å²) in [6.07, 6.45) is 2.73. The second kappa shape index (κ2) is 8.65. The molecule has 2 aromatic rings. The molecule has 1 N–H and O–H groups in total. The Morgan fingerprint density at radius 2 is 1.68 bits per heavy atom. The Balaban J connectivity index is 1.39. The van der Waals surface area contributed by atoms with Crippen LogP contribution in [0.1, 0.15) is 35.1 Å². The SMILES string of the molecule is C=C1c2ccc(C#Cc3ccccc3)cc2CCN1CCN1CCC(O)CC1. The summed E-state index contributed by atoms with van der Waals surface area (Å²) in [5.41, 5.74) is 5.84. The molecule has 0 radical (unpaired) electrons. The van der Waals surface area contributed by atoms with Crippen molar-refractivity contribution in [3.8, 4) is 11.8 Å². The molecule has 0 unspecified atom stereocenters. The van der Waals surface area contributed by atoms with Crippen molar-refractivity contribution < 1.29 is 5.11 Å². The van der Waals surface area contributed by atoms with Gasteiger partial charge in [0.2, 0.25) is 0 Å². The van der Waals surface area contributed by atoms with Crippen LogP contribution in [0, 0.1) is 11.8 Å². The van der Waals surface area contributed by atoms with Gasteiger partial charge in [-0.1, -0.05) is 42.7 Å². The second-order valence-corrected chi connectivity index (χ2v) is 7.74. The Morgan fingerprint density at radius 3 is 2.46 bits per heavy atom. The first kappa shape index (κ1) is 18.8. The minimum atomic E-state index is -0.104. The van der Waals surface area contributed by atoms with Gasteiger partial charge in [-0.3, -0.25) is 0 Å². The van der Waals surface area contributed by atoms with E-state index in [-0.39, 0.29) is 6.10 Å². The molecule has 0 bridgehead atoms. The Morgan fingerprint density at radius 1 is 0.929 bits per heavy atom. The van der Waals surface area contributed by atoms with E-state index in [4.69, 9.17) is 0 Å². The molecular weight excluding hydrogens is 344 g/mol. The van der Waals surface area contributed by atoms with Crippen LogP contribution in [0.2, 0.25) is 0 Å². The standard InChI is InChI=1S/C25H28N2O/c1-20-25-10-9-22(8-7-21-5-3-2-4-6-21)19-23(25)11-16-27(20)18-17-26-14-12-24(28)13-15-26/h2-6,9-10,19,24,28H,1,11-18H2. The Labute approximate surface area is 168 Å². The van der Waals surface area contributed by atoms with Crippen LogP contribution >= 0.6 is 0 Å². The van der Waals surface area contributed by atoms with Gasteiger partial charge in [-0.2, -0.15) is 0 Å². The molecule has 2 aromatic carbocycles. The van der Waals surface area contributed by atoms with Crippen molar-refractivity contribution >= 4 is 5.70 Å². The lowest BCUT2D eigenvalue weighted by Gasteiger charge is -2.36. The average molecular weight is 373 g/mol. The fourth-order valence-corrected chi connectivity index (χ4v) is 4.04. The van der Waals surface area contributed by atoms with E-state index in [1.54, 1.807) is 0 Å². The molecule has 3 heteroatoms. The highest BCUT2D eigenvalue weighted by Crippen LogP contribution is 2.28. The number of hydrogen-bond donors (Lipinski definition) is 1. The van der Waals surface area contributed by atoms with Crippen LogP contribution in [0.15, 0.2) is 55.1 Å². The van der Waals surface area contributed by atoms with Crippen LogP contribution in [0.3, 0.4) is 0 Å². The van der Waals surface area contributed by atoms with Crippen molar-refractivity contribution in [3.63, 3.8) is 0 Å². The van der Waals surface area contributed by atoms with Crippen molar-refractivity contribution in [2.45, 2.75) is 25.4 Å². The first-order valence-electron chi connectivity index (χ1n) is 10.2. The number of hydrogen-bond acceptors (Lipinski definition) is 3. The van der Waals surface area contributed by atoms with Crippen molar-refractivity contribution in [3.05, 3.63) is 77.4 Å². The van der Waals surface area contributed by atoms with Crippen molar-refractivity contribution in [2.75, 3.05) is 32.7 Å². The van der Waals surface area contributed by atoms with Crippen LogP contribution in [0.5, 0.6) is 0 Å². The molecule has 0 aliphatic carbocycles. The summed E-state index contributed by atoms with van der Waals surface area (Å²) in [6, 6.07) is 16.6.